The number of hydrogen-bond donors (Lipinski definition) is 2. The lowest BCUT2D eigenvalue weighted by molar-refractivity contribution is 0.0480. The van der Waals surface area contributed by atoms with Gasteiger partial charge in [0, 0.05) is 48.7 Å². The van der Waals surface area contributed by atoms with Gasteiger partial charge in [0.05, 0.1) is 6.20 Å². The largest absolute Gasteiger partial charge is 0.379 e. The van der Waals surface area contributed by atoms with Crippen LogP contribution in [0.1, 0.15) is 87.6 Å². The first-order valence-electron chi connectivity index (χ1n) is 18.9. The third-order valence-electron chi connectivity index (χ3n) is 9.19. The summed E-state index contributed by atoms with van der Waals surface area (Å²) in [6.45, 7) is 16.5. The van der Waals surface area contributed by atoms with Gasteiger partial charge >= 0.3 is 0 Å². The van der Waals surface area contributed by atoms with E-state index in [-0.39, 0.29) is 16.7 Å². The second-order valence-corrected chi connectivity index (χ2v) is 13.8. The minimum atomic E-state index is -2.96. The fourth-order valence-corrected chi connectivity index (χ4v) is 6.28. The van der Waals surface area contributed by atoms with E-state index in [1.165, 1.54) is 41.7 Å². The van der Waals surface area contributed by atoms with Crippen molar-refractivity contribution < 1.29 is 8.78 Å². The van der Waals surface area contributed by atoms with Crippen LogP contribution in [0, 0.1) is 0 Å². The molecule has 0 amide bonds. The van der Waals surface area contributed by atoms with Crippen molar-refractivity contribution in [3.05, 3.63) is 154 Å². The fraction of sp³-hybridized carbons (Fsp3) is 0.326. The molecule has 6 rings (SSSR count). The topological polar surface area (TPSA) is 71.8 Å². The molecule has 0 saturated carbocycles. The van der Waals surface area contributed by atoms with E-state index in [0.29, 0.717) is 48.1 Å². The van der Waals surface area contributed by atoms with Gasteiger partial charge < -0.3 is 10.6 Å². The number of rotatable bonds is 13. The molecular formula is C46H55F2N5O. The first kappa shape index (κ1) is 41.5. The van der Waals surface area contributed by atoms with E-state index in [9.17, 15) is 13.6 Å². The number of allylic oxidation sites excluding steroid dienone is 1. The number of aryl methyl sites for hydroxylation is 1. The predicted molar refractivity (Wildman–Crippen MR) is 222 cm³/mol. The number of hydrogen-bond acceptors (Lipinski definition) is 5. The van der Waals surface area contributed by atoms with Crippen molar-refractivity contribution >= 4 is 11.8 Å². The Balaban J connectivity index is 0.000000285. The van der Waals surface area contributed by atoms with Gasteiger partial charge in [0.1, 0.15) is 11.5 Å². The van der Waals surface area contributed by atoms with Gasteiger partial charge in [-0.05, 0) is 66.6 Å². The molecule has 0 spiro atoms. The summed E-state index contributed by atoms with van der Waals surface area (Å²) in [7, 11) is 1.96. The van der Waals surface area contributed by atoms with Crippen LogP contribution in [0.3, 0.4) is 0 Å². The average Bonchev–Trinajstić information content (AvgIpc) is 3.41. The molecule has 284 valence electrons. The molecule has 5 aromatic rings. The summed E-state index contributed by atoms with van der Waals surface area (Å²) in [5.74, 6) is -1.83. The quantitative estimate of drug-likeness (QED) is 0.0932. The zero-order chi connectivity index (χ0) is 39.1. The maximum Gasteiger partial charge on any atom is 0.299 e. The molecule has 8 heteroatoms. The molecule has 1 aliphatic rings. The number of pyridine rings is 1. The summed E-state index contributed by atoms with van der Waals surface area (Å²) in [6, 6.07) is 23.5. The first-order chi connectivity index (χ1) is 26.1. The van der Waals surface area contributed by atoms with E-state index in [0.717, 1.165) is 24.1 Å². The summed E-state index contributed by atoms with van der Waals surface area (Å²) in [4.78, 5) is 21.8. The van der Waals surface area contributed by atoms with E-state index in [2.05, 4.69) is 73.9 Å². The second-order valence-electron chi connectivity index (χ2n) is 13.8. The Kier molecular flexibility index (Phi) is 15.6. The summed E-state index contributed by atoms with van der Waals surface area (Å²) in [5, 5.41) is 6.34. The molecule has 3 aromatic carbocycles. The molecule has 0 unspecified atom stereocenters. The van der Waals surface area contributed by atoms with Gasteiger partial charge in [0.25, 0.3) is 11.5 Å². The van der Waals surface area contributed by atoms with Crippen molar-refractivity contribution in [1.82, 2.24) is 19.9 Å². The number of anilines is 1. The summed E-state index contributed by atoms with van der Waals surface area (Å²) < 4.78 is 31.1. The Bertz CT molecular complexity index is 2050. The fourth-order valence-electron chi connectivity index (χ4n) is 6.28. The van der Waals surface area contributed by atoms with Crippen molar-refractivity contribution in [2.75, 3.05) is 25.5 Å². The van der Waals surface area contributed by atoms with E-state index in [4.69, 9.17) is 0 Å². The molecule has 6 nitrogen and oxygen atoms in total. The maximum atomic E-state index is 14.8. The third-order valence-corrected chi connectivity index (χ3v) is 9.19. The third kappa shape index (κ3) is 10.5. The van der Waals surface area contributed by atoms with Crippen LogP contribution in [0.15, 0.2) is 120 Å². The number of likely N-dealkylation sites (N-methyl/N-ethyl adjacent to an activating group) is 1. The van der Waals surface area contributed by atoms with Crippen LogP contribution >= 0.6 is 0 Å². The van der Waals surface area contributed by atoms with Gasteiger partial charge in [-0.2, -0.15) is 8.78 Å². The smallest absolute Gasteiger partial charge is 0.299 e. The SMILES string of the molecule is C=CCn1c(-c2ccccc2)ncc(NCCCc2ccc3c(c2)-c2ccccc2C3(F)F)c1=O.CCCC.CNC/C(C)=C/c1cnccc1C(C)C. The van der Waals surface area contributed by atoms with Crippen molar-refractivity contribution in [1.29, 1.82) is 0 Å². The Morgan fingerprint density at radius 1 is 0.944 bits per heavy atom. The normalized spacial score (nSPS) is 12.5. The van der Waals surface area contributed by atoms with Crippen molar-refractivity contribution in [2.24, 2.45) is 0 Å². The van der Waals surface area contributed by atoms with Crippen molar-refractivity contribution in [2.45, 2.75) is 78.7 Å². The van der Waals surface area contributed by atoms with E-state index >= 15 is 0 Å². The van der Waals surface area contributed by atoms with Crippen LogP contribution in [0.25, 0.3) is 28.6 Å². The van der Waals surface area contributed by atoms with Crippen LogP contribution < -0.4 is 16.2 Å². The molecule has 2 aromatic heterocycles. The molecule has 1 aliphatic carbocycles. The highest BCUT2D eigenvalue weighted by molar-refractivity contribution is 5.79. The van der Waals surface area contributed by atoms with Gasteiger partial charge in [-0.1, -0.05) is 131 Å². The Morgan fingerprint density at radius 2 is 1.65 bits per heavy atom. The number of benzene rings is 3. The van der Waals surface area contributed by atoms with Crippen molar-refractivity contribution in [3.8, 4) is 22.5 Å². The van der Waals surface area contributed by atoms with E-state index in [1.54, 1.807) is 41.1 Å². The zero-order valence-electron chi connectivity index (χ0n) is 32.6. The molecule has 54 heavy (non-hydrogen) atoms. The second kappa shape index (κ2) is 20.3. The number of aromatic nitrogens is 3. The van der Waals surface area contributed by atoms with Crippen LogP contribution in [0.2, 0.25) is 0 Å². The molecule has 0 radical (unpaired) electrons. The molecule has 0 aliphatic heterocycles. The van der Waals surface area contributed by atoms with Crippen molar-refractivity contribution in [3.63, 3.8) is 0 Å². The standard InChI is InChI=1S/C29H25F2N3O.C13H20N2.C4H10/c1-2-17-34-27(21-10-4-3-5-11-21)33-19-26(28(34)35)32-16-8-9-20-14-15-25-23(18-20)22-12-6-7-13-24(22)29(25,30)31;1-10(2)13-5-6-15-9-12(13)7-11(3)8-14-4;1-3-4-2/h2-7,10-15,18-19,32H,1,8-9,16-17H2;5-7,9-10,14H,8H2,1-4H3;3-4H2,1-2H3/b;11-7+;. The van der Waals surface area contributed by atoms with Gasteiger partial charge in [0.15, 0.2) is 0 Å². The minimum Gasteiger partial charge on any atom is -0.379 e. The van der Waals surface area contributed by atoms with Crippen LogP contribution in [0.5, 0.6) is 0 Å². The van der Waals surface area contributed by atoms with E-state index < -0.39 is 5.92 Å². The monoisotopic (exact) mass is 731 g/mol. The first-order valence-corrected chi connectivity index (χ1v) is 18.9. The molecular weight excluding hydrogens is 677 g/mol. The summed E-state index contributed by atoms with van der Waals surface area (Å²) in [5.41, 5.74) is 7.37. The maximum absolute atomic E-state index is 14.8. The molecule has 2 heterocycles. The molecule has 2 N–H and O–H groups in total. The van der Waals surface area contributed by atoms with Gasteiger partial charge in [-0.3, -0.25) is 14.3 Å². The van der Waals surface area contributed by atoms with E-state index in [1.807, 2.05) is 55.8 Å². The molecule has 0 saturated heterocycles. The Hall–Kier alpha value is -5.21. The van der Waals surface area contributed by atoms with Gasteiger partial charge in [-0.25, -0.2) is 4.98 Å². The number of unbranched alkanes of at least 4 members (excludes halogenated alkanes) is 1. The molecule has 0 atom stereocenters. The summed E-state index contributed by atoms with van der Waals surface area (Å²) >= 11 is 0. The lowest BCUT2D eigenvalue weighted by atomic mass is 9.98. The lowest BCUT2D eigenvalue weighted by Gasteiger charge is -2.14. The molecule has 0 fully saturated rings. The Morgan fingerprint density at radius 3 is 2.33 bits per heavy atom. The van der Waals surface area contributed by atoms with Gasteiger partial charge in [-0.15, -0.1) is 6.58 Å². The number of halogens is 2. The van der Waals surface area contributed by atoms with Crippen LogP contribution in [-0.4, -0.2) is 34.7 Å². The van der Waals surface area contributed by atoms with Gasteiger partial charge in [0.2, 0.25) is 0 Å². The Labute approximate surface area is 320 Å². The lowest BCUT2D eigenvalue weighted by Crippen LogP contribution is -2.26. The van der Waals surface area contributed by atoms with Crippen LogP contribution in [-0.2, 0) is 18.9 Å². The highest BCUT2D eigenvalue weighted by atomic mass is 19.3. The number of alkyl halides is 2. The number of nitrogens with zero attached hydrogens (tertiary/aromatic N) is 3. The number of nitrogens with one attached hydrogen (secondary N) is 2. The average molecular weight is 732 g/mol. The van der Waals surface area contributed by atoms with Crippen LogP contribution in [0.4, 0.5) is 14.5 Å². The molecule has 0 bridgehead atoms. The number of fused-ring (bicyclic) bond motifs is 3. The predicted octanol–water partition coefficient (Wildman–Crippen LogP) is 10.9. The highest BCUT2D eigenvalue weighted by Gasteiger charge is 2.43. The zero-order valence-corrected chi connectivity index (χ0v) is 32.6. The minimum absolute atomic E-state index is 0.0629. The highest BCUT2D eigenvalue weighted by Crippen LogP contribution is 2.51. The summed E-state index contributed by atoms with van der Waals surface area (Å²) in [6.07, 6.45) is 13.3.